The van der Waals surface area contributed by atoms with E-state index < -0.39 is 24.3 Å². The number of nitrogens with zero attached hydrogens (tertiary/aromatic N) is 2. The number of aliphatic hydroxyl groups excluding tert-OH is 2. The molecular weight excluding hydrogens is 506 g/mol. The summed E-state index contributed by atoms with van der Waals surface area (Å²) in [5, 5.41) is 26.2. The topological polar surface area (TPSA) is 134 Å². The molecule has 2 aliphatic rings. The average molecular weight is 550 g/mol. The first-order valence-electron chi connectivity index (χ1n) is 14.9. The number of H-pyrrole nitrogens is 2. The molecule has 2 aromatic heterocycles. The van der Waals surface area contributed by atoms with E-state index in [9.17, 15) is 19.8 Å². The Hall–Kier alpha value is -3.17. The van der Waals surface area contributed by atoms with Gasteiger partial charge in [-0.15, -0.1) is 0 Å². The SMILES string of the molecule is CC(C)C[C@H](O)[C@H](O)[C@H](CC1CCCCC1)NC(=O)[C@H](Cc1c[nH]cn1)N1CCc2c([nH]c3ccccc23)C1=O. The summed E-state index contributed by atoms with van der Waals surface area (Å²) in [6.45, 7) is 4.41. The van der Waals surface area contributed by atoms with Gasteiger partial charge in [-0.25, -0.2) is 4.98 Å². The van der Waals surface area contributed by atoms with Crippen molar-refractivity contribution >= 4 is 22.7 Å². The standard InChI is InChI=1S/C31H43N5O4/c1-19(2)14-27(37)29(38)25(15-20-8-4-3-5-9-20)35-30(39)26(16-21-17-32-18-33-21)36-13-12-23-22-10-6-7-11-24(22)34-28(23)31(36)40/h6-7,10-11,17-20,25-27,29,34,37-38H,3-5,8-9,12-16H2,1-2H3,(H,32,33)(H,35,39)/t25-,26-,27-,29+/m0/s1. The van der Waals surface area contributed by atoms with E-state index in [0.717, 1.165) is 42.1 Å². The van der Waals surface area contributed by atoms with Crippen LogP contribution in [0.3, 0.4) is 0 Å². The molecule has 0 unspecified atom stereocenters. The lowest BCUT2D eigenvalue weighted by molar-refractivity contribution is -0.128. The molecule has 0 radical (unpaired) electrons. The van der Waals surface area contributed by atoms with Gasteiger partial charge < -0.3 is 30.4 Å². The van der Waals surface area contributed by atoms with E-state index in [4.69, 9.17) is 0 Å². The predicted octanol–water partition coefficient (Wildman–Crippen LogP) is 3.72. The lowest BCUT2D eigenvalue weighted by Gasteiger charge is -2.37. The number of rotatable bonds is 11. The van der Waals surface area contributed by atoms with Crippen LogP contribution in [0.15, 0.2) is 36.8 Å². The minimum Gasteiger partial charge on any atom is -0.390 e. The molecule has 1 aliphatic carbocycles. The first-order chi connectivity index (χ1) is 19.3. The number of carbonyl (C=O) groups is 2. The Balaban J connectivity index is 1.40. The monoisotopic (exact) mass is 549 g/mol. The zero-order chi connectivity index (χ0) is 28.2. The van der Waals surface area contributed by atoms with Crippen molar-refractivity contribution in [2.45, 2.75) is 95.9 Å². The van der Waals surface area contributed by atoms with E-state index in [0.29, 0.717) is 43.1 Å². The fraction of sp³-hybridized carbons (Fsp3) is 0.581. The van der Waals surface area contributed by atoms with Crippen LogP contribution in [-0.4, -0.2) is 72.7 Å². The second-order valence-corrected chi connectivity index (χ2v) is 12.1. The van der Waals surface area contributed by atoms with Gasteiger partial charge in [0.05, 0.1) is 24.2 Å². The van der Waals surface area contributed by atoms with Crippen molar-refractivity contribution in [2.24, 2.45) is 11.8 Å². The molecule has 40 heavy (non-hydrogen) atoms. The molecular formula is C31H43N5O4. The molecule has 1 fully saturated rings. The number of benzene rings is 1. The molecule has 3 heterocycles. The van der Waals surface area contributed by atoms with Crippen LogP contribution in [0.2, 0.25) is 0 Å². The van der Waals surface area contributed by atoms with E-state index in [1.165, 1.54) is 6.42 Å². The minimum absolute atomic E-state index is 0.208. The van der Waals surface area contributed by atoms with Crippen molar-refractivity contribution in [3.05, 3.63) is 53.7 Å². The largest absolute Gasteiger partial charge is 0.390 e. The fourth-order valence-electron chi connectivity index (χ4n) is 6.60. The average Bonchev–Trinajstić information content (AvgIpc) is 3.60. The molecule has 0 spiro atoms. The third-order valence-electron chi connectivity index (χ3n) is 8.69. The Morgan fingerprint density at radius 1 is 1.18 bits per heavy atom. The number of carbonyl (C=O) groups excluding carboxylic acids is 2. The Morgan fingerprint density at radius 3 is 2.67 bits per heavy atom. The van der Waals surface area contributed by atoms with Crippen LogP contribution in [-0.2, 0) is 17.6 Å². The van der Waals surface area contributed by atoms with Gasteiger partial charge in [-0.05, 0) is 42.7 Å². The van der Waals surface area contributed by atoms with Crippen LogP contribution in [0.4, 0.5) is 0 Å². The summed E-state index contributed by atoms with van der Waals surface area (Å²) in [5.41, 5.74) is 3.10. The van der Waals surface area contributed by atoms with Crippen molar-refractivity contribution in [2.75, 3.05) is 6.54 Å². The molecule has 0 saturated heterocycles. The van der Waals surface area contributed by atoms with Gasteiger partial charge in [0.2, 0.25) is 5.91 Å². The first-order valence-corrected chi connectivity index (χ1v) is 14.9. The number of amides is 2. The van der Waals surface area contributed by atoms with Crippen molar-refractivity contribution in [1.82, 2.24) is 25.2 Å². The van der Waals surface area contributed by atoms with Gasteiger partial charge in [0.25, 0.3) is 5.91 Å². The van der Waals surface area contributed by atoms with Crippen LogP contribution in [0.25, 0.3) is 10.9 Å². The van der Waals surface area contributed by atoms with Crippen LogP contribution in [0.5, 0.6) is 0 Å². The molecule has 1 aliphatic heterocycles. The number of para-hydroxylation sites is 1. The number of hydrogen-bond donors (Lipinski definition) is 5. The number of fused-ring (bicyclic) bond motifs is 3. The molecule has 5 N–H and O–H groups in total. The smallest absolute Gasteiger partial charge is 0.271 e. The zero-order valence-electron chi connectivity index (χ0n) is 23.6. The van der Waals surface area contributed by atoms with Gasteiger partial charge in [-0.2, -0.15) is 0 Å². The Kier molecular flexibility index (Phi) is 8.90. The second-order valence-electron chi connectivity index (χ2n) is 12.1. The van der Waals surface area contributed by atoms with Crippen LogP contribution in [0.1, 0.15) is 80.5 Å². The molecule has 9 nitrogen and oxygen atoms in total. The summed E-state index contributed by atoms with van der Waals surface area (Å²) in [4.78, 5) is 40.1. The number of aromatic amines is 2. The molecule has 0 bridgehead atoms. The summed E-state index contributed by atoms with van der Waals surface area (Å²) >= 11 is 0. The van der Waals surface area contributed by atoms with Gasteiger partial charge in [-0.1, -0.05) is 64.2 Å². The van der Waals surface area contributed by atoms with Gasteiger partial charge in [0, 0.05) is 30.1 Å². The summed E-state index contributed by atoms with van der Waals surface area (Å²) in [5.74, 6) is 0.0553. The molecule has 3 aromatic rings. The molecule has 5 rings (SSSR count). The van der Waals surface area contributed by atoms with Gasteiger partial charge in [0.1, 0.15) is 17.8 Å². The third-order valence-corrected chi connectivity index (χ3v) is 8.69. The maximum absolute atomic E-state index is 14.1. The number of aromatic nitrogens is 3. The van der Waals surface area contributed by atoms with Crippen molar-refractivity contribution in [1.29, 1.82) is 0 Å². The Bertz CT molecular complexity index is 1280. The van der Waals surface area contributed by atoms with Crippen molar-refractivity contribution in [3.63, 3.8) is 0 Å². The molecule has 4 atom stereocenters. The highest BCUT2D eigenvalue weighted by Crippen LogP contribution is 2.31. The van der Waals surface area contributed by atoms with Gasteiger partial charge in [0.15, 0.2) is 0 Å². The summed E-state index contributed by atoms with van der Waals surface area (Å²) in [7, 11) is 0. The van der Waals surface area contributed by atoms with Crippen LogP contribution < -0.4 is 5.32 Å². The highest BCUT2D eigenvalue weighted by Gasteiger charge is 2.39. The summed E-state index contributed by atoms with van der Waals surface area (Å²) in [6.07, 6.45) is 8.84. The van der Waals surface area contributed by atoms with Gasteiger partial charge in [-0.3, -0.25) is 9.59 Å². The summed E-state index contributed by atoms with van der Waals surface area (Å²) in [6, 6.07) is 6.46. The fourth-order valence-corrected chi connectivity index (χ4v) is 6.60. The maximum atomic E-state index is 14.1. The highest BCUT2D eigenvalue weighted by molar-refractivity contribution is 6.03. The van der Waals surface area contributed by atoms with Crippen LogP contribution >= 0.6 is 0 Å². The Labute approximate surface area is 235 Å². The van der Waals surface area contributed by atoms with Crippen molar-refractivity contribution < 1.29 is 19.8 Å². The van der Waals surface area contributed by atoms with E-state index in [1.807, 2.05) is 38.1 Å². The highest BCUT2D eigenvalue weighted by atomic mass is 16.3. The third kappa shape index (κ3) is 6.25. The van der Waals surface area contributed by atoms with E-state index in [-0.39, 0.29) is 24.2 Å². The summed E-state index contributed by atoms with van der Waals surface area (Å²) < 4.78 is 0. The number of hydrogen-bond acceptors (Lipinski definition) is 5. The van der Waals surface area contributed by atoms with Crippen molar-refractivity contribution in [3.8, 4) is 0 Å². The quantitative estimate of drug-likeness (QED) is 0.249. The first kappa shape index (κ1) is 28.4. The molecule has 1 aromatic carbocycles. The normalized spacial score (nSPS) is 19.4. The lowest BCUT2D eigenvalue weighted by atomic mass is 9.82. The zero-order valence-corrected chi connectivity index (χ0v) is 23.6. The number of nitrogens with one attached hydrogen (secondary N) is 3. The van der Waals surface area contributed by atoms with Crippen LogP contribution in [0, 0.1) is 11.8 Å². The molecule has 216 valence electrons. The molecule has 2 amide bonds. The molecule has 9 heteroatoms. The van der Waals surface area contributed by atoms with E-state index in [2.05, 4.69) is 20.3 Å². The number of aliphatic hydroxyl groups is 2. The molecule has 1 saturated carbocycles. The van der Waals surface area contributed by atoms with E-state index >= 15 is 0 Å². The number of imidazole rings is 1. The maximum Gasteiger partial charge on any atom is 0.271 e. The van der Waals surface area contributed by atoms with Gasteiger partial charge >= 0.3 is 0 Å². The second kappa shape index (κ2) is 12.6. The van der Waals surface area contributed by atoms with E-state index in [1.54, 1.807) is 17.4 Å². The lowest BCUT2D eigenvalue weighted by Crippen LogP contribution is -2.58. The minimum atomic E-state index is -1.09. The Morgan fingerprint density at radius 2 is 1.95 bits per heavy atom. The predicted molar refractivity (Wildman–Crippen MR) is 154 cm³/mol.